The molecule has 0 unspecified atom stereocenters. The lowest BCUT2D eigenvalue weighted by molar-refractivity contribution is -0.132. The average Bonchev–Trinajstić information content (AvgIpc) is 1.84. The van der Waals surface area contributed by atoms with E-state index in [1.165, 1.54) is 0 Å². The smallest absolute Gasteiger partial charge is 0.331 e. The molecule has 0 amide bonds. The van der Waals surface area contributed by atoms with Crippen molar-refractivity contribution in [1.29, 1.82) is 0 Å². The van der Waals surface area contributed by atoms with Crippen LogP contribution in [0.1, 0.15) is 13.8 Å². The van der Waals surface area contributed by atoms with Gasteiger partial charge in [-0.3, -0.25) is 0 Å². The number of alkyl halides is 2. The first-order valence-electron chi connectivity index (χ1n) is 2.65. The molecule has 0 bridgehead atoms. The Morgan fingerprint density at radius 2 is 1.80 bits per heavy atom. The Morgan fingerprint density at radius 3 is 1.90 bits per heavy atom. The predicted molar refractivity (Wildman–Crippen MR) is 32.0 cm³/mol. The summed E-state index contributed by atoms with van der Waals surface area (Å²) in [7, 11) is 0. The minimum Gasteiger partial charge on any atom is -0.478 e. The molecule has 1 N–H and O–H groups in total. The van der Waals surface area contributed by atoms with E-state index in [1.807, 2.05) is 0 Å². The lowest BCUT2D eigenvalue weighted by atomic mass is 10.2. The number of carboxylic acid groups (broad SMARTS) is 1. The van der Waals surface area contributed by atoms with Gasteiger partial charge in [0.1, 0.15) is 0 Å². The molecule has 0 aliphatic rings. The Morgan fingerprint density at radius 1 is 1.40 bits per heavy atom. The highest BCUT2D eigenvalue weighted by molar-refractivity contribution is 5.86. The summed E-state index contributed by atoms with van der Waals surface area (Å²) in [6, 6.07) is 0. The fourth-order valence-corrected chi connectivity index (χ4v) is 0.332. The van der Waals surface area contributed by atoms with E-state index in [-0.39, 0.29) is 11.1 Å². The summed E-state index contributed by atoms with van der Waals surface area (Å²) in [5.41, 5.74) is -0.664. The first-order valence-corrected chi connectivity index (χ1v) is 2.65. The Bertz CT molecular complexity index is 173. The Labute approximate surface area is 57.2 Å². The molecule has 58 valence electrons. The van der Waals surface area contributed by atoms with Crippen molar-refractivity contribution in [2.24, 2.45) is 0 Å². The van der Waals surface area contributed by atoms with Gasteiger partial charge in [-0.25, -0.2) is 13.6 Å². The van der Waals surface area contributed by atoms with Crippen LogP contribution < -0.4 is 0 Å². The zero-order chi connectivity index (χ0) is 8.31. The van der Waals surface area contributed by atoms with Crippen molar-refractivity contribution in [2.45, 2.75) is 20.3 Å². The molecule has 0 rings (SSSR count). The SMILES string of the molecule is C/C(C(=O)O)=C(/C)C(F)F. The van der Waals surface area contributed by atoms with Gasteiger partial charge < -0.3 is 5.11 Å². The molecule has 10 heavy (non-hydrogen) atoms. The molecule has 0 aliphatic carbocycles. The molecule has 0 saturated carbocycles. The number of rotatable bonds is 2. The molecule has 0 aromatic heterocycles. The second-order valence-corrected chi connectivity index (χ2v) is 1.91. The monoisotopic (exact) mass is 150 g/mol. The first kappa shape index (κ1) is 9.07. The van der Waals surface area contributed by atoms with Gasteiger partial charge >= 0.3 is 5.97 Å². The quantitative estimate of drug-likeness (QED) is 0.608. The normalized spacial score (nSPS) is 13.3. The molecule has 0 spiro atoms. The van der Waals surface area contributed by atoms with E-state index in [0.717, 1.165) is 13.8 Å². The van der Waals surface area contributed by atoms with Crippen LogP contribution in [0.25, 0.3) is 0 Å². The maximum Gasteiger partial charge on any atom is 0.331 e. The van der Waals surface area contributed by atoms with Crippen LogP contribution in [0.5, 0.6) is 0 Å². The van der Waals surface area contributed by atoms with Gasteiger partial charge in [-0.2, -0.15) is 0 Å². The molecule has 0 aromatic carbocycles. The van der Waals surface area contributed by atoms with Gasteiger partial charge in [0.15, 0.2) is 0 Å². The molecule has 0 heterocycles. The highest BCUT2D eigenvalue weighted by Crippen LogP contribution is 2.12. The second kappa shape index (κ2) is 3.29. The summed E-state index contributed by atoms with van der Waals surface area (Å²) in [5, 5.41) is 8.21. The van der Waals surface area contributed by atoms with Crippen molar-refractivity contribution in [3.05, 3.63) is 11.1 Å². The van der Waals surface area contributed by atoms with E-state index in [2.05, 4.69) is 0 Å². The van der Waals surface area contributed by atoms with Crippen LogP contribution in [-0.4, -0.2) is 17.5 Å². The van der Waals surface area contributed by atoms with Gasteiger partial charge in [0.05, 0.1) is 0 Å². The molecule has 4 heteroatoms. The molecule has 0 atom stereocenters. The van der Waals surface area contributed by atoms with Crippen molar-refractivity contribution in [1.82, 2.24) is 0 Å². The molecular weight excluding hydrogens is 142 g/mol. The maximum atomic E-state index is 11.7. The van der Waals surface area contributed by atoms with Crippen LogP contribution in [-0.2, 0) is 4.79 Å². The minimum atomic E-state index is -2.67. The molecule has 0 aromatic rings. The third kappa shape index (κ3) is 2.13. The van der Waals surface area contributed by atoms with E-state index < -0.39 is 12.4 Å². The number of halogens is 2. The summed E-state index contributed by atoms with van der Waals surface area (Å²) in [4.78, 5) is 10.1. The van der Waals surface area contributed by atoms with E-state index >= 15 is 0 Å². The van der Waals surface area contributed by atoms with Gasteiger partial charge in [-0.05, 0) is 13.8 Å². The van der Waals surface area contributed by atoms with Crippen molar-refractivity contribution in [3.8, 4) is 0 Å². The van der Waals surface area contributed by atoms with Crippen molar-refractivity contribution >= 4 is 5.97 Å². The Hall–Kier alpha value is -0.930. The fourth-order valence-electron chi connectivity index (χ4n) is 0.332. The largest absolute Gasteiger partial charge is 0.478 e. The van der Waals surface area contributed by atoms with Crippen LogP contribution >= 0.6 is 0 Å². The van der Waals surface area contributed by atoms with Crippen LogP contribution in [0.3, 0.4) is 0 Å². The average molecular weight is 150 g/mol. The zero-order valence-electron chi connectivity index (χ0n) is 5.69. The van der Waals surface area contributed by atoms with Gasteiger partial charge in [0.2, 0.25) is 0 Å². The van der Waals surface area contributed by atoms with Crippen LogP contribution in [0.15, 0.2) is 11.1 Å². The molecular formula is C6H8F2O2. The van der Waals surface area contributed by atoms with E-state index in [0.29, 0.717) is 0 Å². The second-order valence-electron chi connectivity index (χ2n) is 1.91. The topological polar surface area (TPSA) is 37.3 Å². The number of hydrogen-bond acceptors (Lipinski definition) is 1. The summed E-state index contributed by atoms with van der Waals surface area (Å²) in [6.45, 7) is 2.26. The Kier molecular flexibility index (Phi) is 2.99. The number of allylic oxidation sites excluding steroid dienone is 1. The third-order valence-corrected chi connectivity index (χ3v) is 1.24. The maximum absolute atomic E-state index is 11.7. The van der Waals surface area contributed by atoms with Crippen LogP contribution in [0.4, 0.5) is 8.78 Å². The summed E-state index contributed by atoms with van der Waals surface area (Å²) in [6.07, 6.45) is -2.67. The lowest BCUT2D eigenvalue weighted by Crippen LogP contribution is -2.04. The molecule has 2 nitrogen and oxygen atoms in total. The number of carboxylic acids is 1. The number of carbonyl (C=O) groups is 1. The fraction of sp³-hybridized carbons (Fsp3) is 0.500. The highest BCUT2D eigenvalue weighted by atomic mass is 19.3. The Balaban J connectivity index is 4.50. The highest BCUT2D eigenvalue weighted by Gasteiger charge is 2.12. The number of aliphatic carboxylic acids is 1. The van der Waals surface area contributed by atoms with Crippen molar-refractivity contribution in [3.63, 3.8) is 0 Å². The number of hydrogen-bond donors (Lipinski definition) is 1. The van der Waals surface area contributed by atoms with Crippen LogP contribution in [0.2, 0.25) is 0 Å². The van der Waals surface area contributed by atoms with E-state index in [9.17, 15) is 13.6 Å². The summed E-state index contributed by atoms with van der Waals surface area (Å²) >= 11 is 0. The van der Waals surface area contributed by atoms with E-state index in [4.69, 9.17) is 5.11 Å². The third-order valence-electron chi connectivity index (χ3n) is 1.24. The first-order chi connectivity index (χ1) is 4.46. The standard InChI is InChI=1S/C6H8F2O2/c1-3(5(7)8)4(2)6(9)10/h5H,1-2H3,(H,9,10)/b4-3+. The van der Waals surface area contributed by atoms with E-state index in [1.54, 1.807) is 0 Å². The molecule has 0 saturated heterocycles. The summed E-state index contributed by atoms with van der Waals surface area (Å²) in [5.74, 6) is -1.29. The van der Waals surface area contributed by atoms with Gasteiger partial charge in [-0.15, -0.1) is 0 Å². The minimum absolute atomic E-state index is 0.282. The lowest BCUT2D eigenvalue weighted by Gasteiger charge is -2.00. The zero-order valence-corrected chi connectivity index (χ0v) is 5.69. The predicted octanol–water partition coefficient (Wildman–Crippen LogP) is 1.67. The van der Waals surface area contributed by atoms with Gasteiger partial charge in [-0.1, -0.05) is 0 Å². The molecule has 0 radical (unpaired) electrons. The van der Waals surface area contributed by atoms with Gasteiger partial charge in [0, 0.05) is 11.1 Å². The van der Waals surface area contributed by atoms with Crippen LogP contribution in [0, 0.1) is 0 Å². The van der Waals surface area contributed by atoms with Crippen molar-refractivity contribution in [2.75, 3.05) is 0 Å². The molecule has 0 fully saturated rings. The van der Waals surface area contributed by atoms with Gasteiger partial charge in [0.25, 0.3) is 6.43 Å². The summed E-state index contributed by atoms with van der Waals surface area (Å²) < 4.78 is 23.4. The van der Waals surface area contributed by atoms with Crippen molar-refractivity contribution < 1.29 is 18.7 Å². The molecule has 0 aliphatic heterocycles.